The third-order valence-corrected chi connectivity index (χ3v) is 5.11. The number of rotatable bonds is 8. The Morgan fingerprint density at radius 2 is 1.78 bits per heavy atom. The summed E-state index contributed by atoms with van der Waals surface area (Å²) in [4.78, 5) is 11.9. The highest BCUT2D eigenvalue weighted by Gasteiger charge is 2.19. The summed E-state index contributed by atoms with van der Waals surface area (Å²) in [6.45, 7) is 3.99. The first-order chi connectivity index (χ1) is 12.8. The number of carbonyl (C=O) groups is 1. The molecule has 0 atom stereocenters. The van der Waals surface area contributed by atoms with Crippen LogP contribution in [0.5, 0.6) is 11.5 Å². The van der Waals surface area contributed by atoms with Crippen molar-refractivity contribution < 1.29 is 22.7 Å². The maximum absolute atomic E-state index is 12.6. The van der Waals surface area contributed by atoms with E-state index < -0.39 is 15.9 Å². The number of carbonyl (C=O) groups excluding carboxylic acids is 1. The van der Waals surface area contributed by atoms with Crippen LogP contribution in [-0.2, 0) is 16.6 Å². The van der Waals surface area contributed by atoms with Gasteiger partial charge in [0.15, 0.2) is 0 Å². The highest BCUT2D eigenvalue weighted by Crippen LogP contribution is 2.22. The van der Waals surface area contributed by atoms with E-state index in [2.05, 4.69) is 10.0 Å². The summed E-state index contributed by atoms with van der Waals surface area (Å²) in [5.74, 6) is 0.598. The molecule has 7 nitrogen and oxygen atoms in total. The predicted molar refractivity (Wildman–Crippen MR) is 103 cm³/mol. The average molecular weight is 392 g/mol. The van der Waals surface area contributed by atoms with Crippen LogP contribution in [0.2, 0.25) is 0 Å². The summed E-state index contributed by atoms with van der Waals surface area (Å²) in [6.07, 6.45) is 0.0685. The molecule has 2 aromatic carbocycles. The van der Waals surface area contributed by atoms with E-state index in [9.17, 15) is 13.2 Å². The van der Waals surface area contributed by atoms with Crippen molar-refractivity contribution in [2.45, 2.75) is 31.4 Å². The van der Waals surface area contributed by atoms with Crippen molar-refractivity contribution in [3.8, 4) is 11.5 Å². The SMILES string of the molecule is CNC(=O)c1cc(S(=O)(=O)NCc2ccc(OC(C)C)cc2)ccc1OC. The van der Waals surface area contributed by atoms with Gasteiger partial charge < -0.3 is 14.8 Å². The summed E-state index contributed by atoms with van der Waals surface area (Å²) < 4.78 is 38.4. The number of ether oxygens (including phenoxy) is 2. The highest BCUT2D eigenvalue weighted by molar-refractivity contribution is 7.89. The molecule has 0 aliphatic heterocycles. The molecule has 0 saturated heterocycles. The van der Waals surface area contributed by atoms with Gasteiger partial charge in [-0.1, -0.05) is 12.1 Å². The van der Waals surface area contributed by atoms with Crippen molar-refractivity contribution in [1.29, 1.82) is 0 Å². The second-order valence-corrected chi connectivity index (χ2v) is 7.84. The second kappa shape index (κ2) is 8.88. The molecule has 146 valence electrons. The molecule has 0 fully saturated rings. The van der Waals surface area contributed by atoms with E-state index in [1.165, 1.54) is 32.4 Å². The second-order valence-electron chi connectivity index (χ2n) is 6.08. The van der Waals surface area contributed by atoms with Gasteiger partial charge in [0, 0.05) is 13.6 Å². The zero-order valence-corrected chi connectivity index (χ0v) is 16.6. The van der Waals surface area contributed by atoms with Gasteiger partial charge in [-0.15, -0.1) is 0 Å². The summed E-state index contributed by atoms with van der Waals surface area (Å²) >= 11 is 0. The number of sulfonamides is 1. The van der Waals surface area contributed by atoms with Crippen LogP contribution in [0.15, 0.2) is 47.4 Å². The number of benzene rings is 2. The predicted octanol–water partition coefficient (Wildman–Crippen LogP) is 2.32. The van der Waals surface area contributed by atoms with Gasteiger partial charge in [0.2, 0.25) is 10.0 Å². The van der Waals surface area contributed by atoms with E-state index in [0.29, 0.717) is 5.75 Å². The summed E-state index contributed by atoms with van der Waals surface area (Å²) in [6, 6.07) is 11.3. The number of amides is 1. The van der Waals surface area contributed by atoms with Gasteiger partial charge in [-0.2, -0.15) is 0 Å². The van der Waals surface area contributed by atoms with E-state index in [-0.39, 0.29) is 23.1 Å². The van der Waals surface area contributed by atoms with Crippen LogP contribution in [0.25, 0.3) is 0 Å². The lowest BCUT2D eigenvalue weighted by molar-refractivity contribution is 0.0960. The lowest BCUT2D eigenvalue weighted by Crippen LogP contribution is -2.24. The third kappa shape index (κ3) is 5.45. The normalized spacial score (nSPS) is 11.3. The lowest BCUT2D eigenvalue weighted by Gasteiger charge is -2.12. The highest BCUT2D eigenvalue weighted by atomic mass is 32.2. The molecule has 1 amide bonds. The average Bonchev–Trinajstić information content (AvgIpc) is 2.65. The van der Waals surface area contributed by atoms with E-state index in [0.717, 1.165) is 11.3 Å². The van der Waals surface area contributed by atoms with Crippen LogP contribution in [-0.4, -0.2) is 34.6 Å². The molecule has 2 N–H and O–H groups in total. The van der Waals surface area contributed by atoms with Crippen molar-refractivity contribution >= 4 is 15.9 Å². The molecule has 0 saturated carbocycles. The Labute approximate surface area is 159 Å². The maximum Gasteiger partial charge on any atom is 0.254 e. The standard InChI is InChI=1S/C19H24N2O5S/c1-13(2)26-15-7-5-14(6-8-15)12-21-27(23,24)16-9-10-18(25-4)17(11-16)19(22)20-3/h5-11,13,21H,12H2,1-4H3,(H,20,22). The van der Waals surface area contributed by atoms with Crippen LogP contribution in [0.3, 0.4) is 0 Å². The largest absolute Gasteiger partial charge is 0.496 e. The Balaban J connectivity index is 2.15. The van der Waals surface area contributed by atoms with Gasteiger partial charge in [-0.3, -0.25) is 4.79 Å². The molecular formula is C19H24N2O5S. The molecule has 0 aliphatic rings. The Morgan fingerprint density at radius 1 is 1.11 bits per heavy atom. The topological polar surface area (TPSA) is 93.7 Å². The quantitative estimate of drug-likeness (QED) is 0.719. The molecule has 2 aromatic rings. The minimum Gasteiger partial charge on any atom is -0.496 e. The van der Waals surface area contributed by atoms with Crippen LogP contribution in [0, 0.1) is 0 Å². The van der Waals surface area contributed by atoms with Crippen LogP contribution >= 0.6 is 0 Å². The van der Waals surface area contributed by atoms with Crippen molar-refractivity contribution in [3.63, 3.8) is 0 Å². The fraction of sp³-hybridized carbons (Fsp3) is 0.316. The third-order valence-electron chi connectivity index (χ3n) is 3.71. The maximum atomic E-state index is 12.6. The van der Waals surface area contributed by atoms with Crippen LogP contribution in [0.1, 0.15) is 29.8 Å². The van der Waals surface area contributed by atoms with Gasteiger partial charge in [0.05, 0.1) is 23.7 Å². The Morgan fingerprint density at radius 3 is 2.33 bits per heavy atom. The first kappa shape index (κ1) is 20.7. The van der Waals surface area contributed by atoms with Gasteiger partial charge in [0.1, 0.15) is 11.5 Å². The summed E-state index contributed by atoms with van der Waals surface area (Å²) in [5, 5.41) is 2.47. The molecule has 0 aliphatic carbocycles. The molecule has 8 heteroatoms. The minimum absolute atomic E-state index is 0.0124. The lowest BCUT2D eigenvalue weighted by atomic mass is 10.2. The Bertz CT molecular complexity index is 893. The number of hydrogen-bond donors (Lipinski definition) is 2. The van der Waals surface area contributed by atoms with Gasteiger partial charge >= 0.3 is 0 Å². The fourth-order valence-electron chi connectivity index (χ4n) is 2.39. The molecule has 0 aromatic heterocycles. The van der Waals surface area contributed by atoms with Gasteiger partial charge in [-0.05, 0) is 49.7 Å². The first-order valence-corrected chi connectivity index (χ1v) is 9.90. The summed E-state index contributed by atoms with van der Waals surface area (Å²) in [5.41, 5.74) is 0.938. The molecular weight excluding hydrogens is 368 g/mol. The van der Waals surface area contributed by atoms with Crippen molar-refractivity contribution in [2.24, 2.45) is 0 Å². The number of nitrogens with one attached hydrogen (secondary N) is 2. The van der Waals surface area contributed by atoms with Gasteiger partial charge in [0.25, 0.3) is 5.91 Å². The molecule has 0 unspecified atom stereocenters. The molecule has 0 radical (unpaired) electrons. The van der Waals surface area contributed by atoms with Crippen LogP contribution < -0.4 is 19.5 Å². The molecule has 0 bridgehead atoms. The molecule has 2 rings (SSSR count). The number of hydrogen-bond acceptors (Lipinski definition) is 5. The summed E-state index contributed by atoms with van der Waals surface area (Å²) in [7, 11) is -0.910. The Kier molecular flexibility index (Phi) is 6.81. The molecule has 27 heavy (non-hydrogen) atoms. The zero-order valence-electron chi connectivity index (χ0n) is 15.8. The first-order valence-electron chi connectivity index (χ1n) is 8.42. The van der Waals surface area contributed by atoms with Crippen molar-refractivity contribution in [1.82, 2.24) is 10.0 Å². The van der Waals surface area contributed by atoms with Crippen molar-refractivity contribution in [3.05, 3.63) is 53.6 Å². The molecule has 0 spiro atoms. The molecule has 0 heterocycles. The zero-order chi connectivity index (χ0) is 20.0. The van der Waals surface area contributed by atoms with Crippen LogP contribution in [0.4, 0.5) is 0 Å². The van der Waals surface area contributed by atoms with Gasteiger partial charge in [-0.25, -0.2) is 13.1 Å². The van der Waals surface area contributed by atoms with Crippen molar-refractivity contribution in [2.75, 3.05) is 14.2 Å². The smallest absolute Gasteiger partial charge is 0.254 e. The number of methoxy groups -OCH3 is 1. The Hall–Kier alpha value is -2.58. The van der Waals surface area contributed by atoms with E-state index in [4.69, 9.17) is 9.47 Å². The monoisotopic (exact) mass is 392 g/mol. The van der Waals surface area contributed by atoms with E-state index in [1.807, 2.05) is 13.8 Å². The minimum atomic E-state index is -3.79. The van der Waals surface area contributed by atoms with E-state index in [1.54, 1.807) is 24.3 Å². The van der Waals surface area contributed by atoms with E-state index >= 15 is 0 Å². The fourth-order valence-corrected chi connectivity index (χ4v) is 3.43.